The quantitative estimate of drug-likeness (QED) is 0.0657. The topological polar surface area (TPSA) is 261 Å². The lowest BCUT2D eigenvalue weighted by molar-refractivity contribution is -0.173. The van der Waals surface area contributed by atoms with Gasteiger partial charge in [0.2, 0.25) is 24.1 Å². The Kier molecular flexibility index (Phi) is 24.3. The average Bonchev–Trinajstić information content (AvgIpc) is 4.17. The normalized spacial score (nSPS) is 24.1. The summed E-state index contributed by atoms with van der Waals surface area (Å²) in [5, 5.41) is 11.0. The number of oxazole rings is 3. The minimum absolute atomic E-state index is 0.0242. The van der Waals surface area contributed by atoms with Gasteiger partial charge in [-0.2, -0.15) is 0 Å². The fourth-order valence-corrected chi connectivity index (χ4v) is 8.59. The molecule has 1 N–H and O–H groups in total. The van der Waals surface area contributed by atoms with E-state index in [1.54, 1.807) is 46.5 Å². The molecule has 0 fully saturated rings. The van der Waals surface area contributed by atoms with E-state index in [9.17, 15) is 29.1 Å². The van der Waals surface area contributed by atoms with Crippen molar-refractivity contribution in [2.24, 2.45) is 29.6 Å². The van der Waals surface area contributed by atoms with Gasteiger partial charge in [0.1, 0.15) is 48.9 Å². The van der Waals surface area contributed by atoms with Crippen molar-refractivity contribution in [2.75, 3.05) is 49.2 Å². The summed E-state index contributed by atoms with van der Waals surface area (Å²) in [6.07, 6.45) is 8.87. The number of carbonyl (C=O) groups excluding carboxylic acids is 5. The lowest BCUT2D eigenvalue weighted by atomic mass is 9.83. The molecule has 0 aromatic carbocycles. The summed E-state index contributed by atoms with van der Waals surface area (Å²) in [7, 11) is 8.95. The summed E-state index contributed by atoms with van der Waals surface area (Å²) < 4.78 is 63.6. The van der Waals surface area contributed by atoms with Crippen LogP contribution in [-0.2, 0) is 61.9 Å². The Morgan fingerprint density at radius 1 is 0.863 bits per heavy atom. The van der Waals surface area contributed by atoms with Crippen molar-refractivity contribution in [3.05, 3.63) is 60.9 Å². The van der Waals surface area contributed by atoms with Crippen molar-refractivity contribution >= 4 is 36.2 Å². The first kappa shape index (κ1) is 59.7. The van der Waals surface area contributed by atoms with E-state index in [4.69, 9.17) is 51.1 Å². The fraction of sp³-hybridized carbons (Fsp3) is 0.615. The van der Waals surface area contributed by atoms with Crippen molar-refractivity contribution in [2.45, 2.75) is 129 Å². The molecule has 1 aliphatic rings. The molecule has 1 aliphatic heterocycles. The second kappa shape index (κ2) is 29.8. The van der Waals surface area contributed by atoms with Crippen molar-refractivity contribution in [1.29, 1.82) is 0 Å². The van der Waals surface area contributed by atoms with Crippen LogP contribution in [0.2, 0.25) is 0 Å². The zero-order valence-corrected chi connectivity index (χ0v) is 44.0. The molecule has 0 saturated carbocycles. The van der Waals surface area contributed by atoms with Crippen molar-refractivity contribution in [1.82, 2.24) is 19.9 Å². The smallest absolute Gasteiger partial charge is 0.337 e. The number of methoxy groups -OCH3 is 5. The Labute approximate surface area is 426 Å². The molecule has 3 aromatic rings. The number of rotatable bonds is 21. The first-order chi connectivity index (χ1) is 34.9. The predicted octanol–water partition coefficient (Wildman–Crippen LogP) is 6.75. The van der Waals surface area contributed by atoms with Gasteiger partial charge in [0, 0.05) is 79.9 Å². The van der Waals surface area contributed by atoms with Gasteiger partial charge in [-0.3, -0.25) is 19.2 Å². The van der Waals surface area contributed by atoms with E-state index < -0.39 is 90.4 Å². The predicted molar refractivity (Wildman–Crippen MR) is 263 cm³/mol. The van der Waals surface area contributed by atoms with Crippen molar-refractivity contribution in [3.8, 4) is 23.2 Å². The highest BCUT2D eigenvalue weighted by Crippen LogP contribution is 2.33. The third kappa shape index (κ3) is 17.7. The van der Waals surface area contributed by atoms with E-state index in [0.717, 1.165) is 0 Å². The third-order valence-electron chi connectivity index (χ3n) is 13.1. The molecule has 0 spiro atoms. The van der Waals surface area contributed by atoms with Crippen LogP contribution in [0.1, 0.15) is 97.8 Å². The molecule has 21 nitrogen and oxygen atoms in total. The lowest BCUT2D eigenvalue weighted by Gasteiger charge is -2.35. The molecule has 73 heavy (non-hydrogen) atoms. The number of allylic oxidation sites excluding steroid dienone is 1. The molecule has 3 aromatic heterocycles. The molecular formula is C52H74N4O17. The number of aliphatic hydroxyl groups excluding tert-OH is 1. The molecule has 404 valence electrons. The number of hydrogen-bond acceptors (Lipinski definition) is 20. The van der Waals surface area contributed by atoms with Gasteiger partial charge in [0.25, 0.3) is 0 Å². The van der Waals surface area contributed by atoms with Crippen LogP contribution >= 0.6 is 0 Å². The van der Waals surface area contributed by atoms with Gasteiger partial charge < -0.3 is 61.2 Å². The lowest BCUT2D eigenvalue weighted by Crippen LogP contribution is -2.42. The number of nitrogens with zero attached hydrogens (tertiary/aromatic N) is 4. The number of ketones is 1. The Bertz CT molecular complexity index is 2290. The highest BCUT2D eigenvalue weighted by molar-refractivity contribution is 5.92. The number of cyclic esters (lactones) is 1. The maximum atomic E-state index is 13.7. The standard InChI is InChI=1S/C52H74N4O17/c1-30(19-20-42(73-52(62)45(66-11)28-63-8)34(5)48(71-35(6)58)31(2)21-22-56(7)29-57)43(65-10)24-44-33(4)41(64-9)17-14-18-46-53-38(26-68-46)50-55-39(27-70-50)51-54-37(25-69-51)49(67-12)32(3)40(60)16-13-15-36(59)23-47(61)72-44/h13-14,16,18,21-22,25-27,29-34,36,41-45,48-49,59H,15,17,19-20,23-24,28H2,1-12H3/b16-13+,18-14-,22-21+/t30-,31+,32-,33+,34-,36-,41-,42+,43-,44+,45+,48+,49-/m0/s1. The largest absolute Gasteiger partial charge is 0.462 e. The van der Waals surface area contributed by atoms with Gasteiger partial charge in [-0.15, -0.1) is 0 Å². The van der Waals surface area contributed by atoms with E-state index in [2.05, 4.69) is 15.0 Å². The number of carbonyl (C=O) groups is 5. The number of esters is 3. The zero-order valence-electron chi connectivity index (χ0n) is 44.0. The first-order valence-electron chi connectivity index (χ1n) is 24.3. The van der Waals surface area contributed by atoms with Crippen LogP contribution in [0.25, 0.3) is 29.2 Å². The fourth-order valence-electron chi connectivity index (χ4n) is 8.59. The van der Waals surface area contributed by atoms with Crippen LogP contribution in [0.3, 0.4) is 0 Å². The van der Waals surface area contributed by atoms with Gasteiger partial charge in [0.15, 0.2) is 23.3 Å². The summed E-state index contributed by atoms with van der Waals surface area (Å²) in [5.41, 5.74) is 0.950. The van der Waals surface area contributed by atoms with E-state index >= 15 is 0 Å². The third-order valence-corrected chi connectivity index (χ3v) is 13.1. The van der Waals surface area contributed by atoms with E-state index in [1.807, 2.05) is 33.8 Å². The average molecular weight is 1030 g/mol. The number of aromatic nitrogens is 3. The Hall–Kier alpha value is -5.84. The first-order valence-corrected chi connectivity index (χ1v) is 24.3. The number of aliphatic hydroxyl groups is 1. The highest BCUT2D eigenvalue weighted by Gasteiger charge is 2.38. The summed E-state index contributed by atoms with van der Waals surface area (Å²) in [4.78, 5) is 79.2. The molecule has 6 bridgehead atoms. The number of ether oxygens (including phenoxy) is 8. The molecule has 4 rings (SSSR count). The molecular weight excluding hydrogens is 953 g/mol. The number of fused-ring (bicyclic) bond motifs is 8. The molecule has 1 amide bonds. The van der Waals surface area contributed by atoms with Crippen LogP contribution < -0.4 is 0 Å². The molecule has 0 aliphatic carbocycles. The van der Waals surface area contributed by atoms with Gasteiger partial charge in [0.05, 0.1) is 37.3 Å². The Balaban J connectivity index is 1.63. The monoisotopic (exact) mass is 1030 g/mol. The van der Waals surface area contributed by atoms with Crippen LogP contribution in [-0.4, -0.2) is 147 Å². The maximum absolute atomic E-state index is 13.7. The van der Waals surface area contributed by atoms with Gasteiger partial charge in [-0.1, -0.05) is 52.8 Å². The van der Waals surface area contributed by atoms with E-state index in [1.165, 1.54) is 64.1 Å². The molecule has 0 radical (unpaired) electrons. The van der Waals surface area contributed by atoms with Crippen molar-refractivity contribution < 1.29 is 80.2 Å². The second-order valence-corrected chi connectivity index (χ2v) is 18.5. The zero-order chi connectivity index (χ0) is 53.8. The Morgan fingerprint density at radius 2 is 1.55 bits per heavy atom. The highest BCUT2D eigenvalue weighted by atomic mass is 16.6. The molecule has 13 atom stereocenters. The van der Waals surface area contributed by atoms with Crippen LogP contribution in [0, 0.1) is 29.6 Å². The van der Waals surface area contributed by atoms with Gasteiger partial charge in [-0.25, -0.2) is 19.7 Å². The SMILES string of the molecule is COC[C@@H](OC)C(=O)O[C@H](CC[C@H](C)[C@H](C[C@H]1OC(=O)C[C@@H](O)C/C=C/C(=O)[C@H](C)[C@H](OC)c2coc(n2)-c2coc(n2)-c2coc(n2)/C=C\C[C@H](OC)[C@H]1C)OC)[C@H](C)[C@H](OC(C)=O)[C@H](C)/C=C/N(C)C=O. The van der Waals surface area contributed by atoms with Crippen molar-refractivity contribution in [3.63, 3.8) is 0 Å². The minimum atomic E-state index is -1.19. The molecule has 21 heteroatoms. The van der Waals surface area contributed by atoms with Gasteiger partial charge in [-0.05, 0) is 43.8 Å². The van der Waals surface area contributed by atoms with Crippen LogP contribution in [0.4, 0.5) is 0 Å². The second-order valence-electron chi connectivity index (χ2n) is 18.5. The van der Waals surface area contributed by atoms with Crippen LogP contribution in [0.15, 0.2) is 62.5 Å². The summed E-state index contributed by atoms with van der Waals surface area (Å²) in [6, 6.07) is 0. The maximum Gasteiger partial charge on any atom is 0.337 e. The summed E-state index contributed by atoms with van der Waals surface area (Å²) in [5.74, 6) is -3.99. The van der Waals surface area contributed by atoms with E-state index in [0.29, 0.717) is 37.1 Å². The molecule has 4 heterocycles. The van der Waals surface area contributed by atoms with Crippen LogP contribution in [0.5, 0.6) is 0 Å². The van der Waals surface area contributed by atoms with Gasteiger partial charge >= 0.3 is 17.9 Å². The molecule has 0 saturated heterocycles. The van der Waals surface area contributed by atoms with E-state index in [-0.39, 0.29) is 60.9 Å². The summed E-state index contributed by atoms with van der Waals surface area (Å²) in [6.45, 7) is 10.4. The Morgan fingerprint density at radius 3 is 2.21 bits per heavy atom. The number of amides is 1. The minimum Gasteiger partial charge on any atom is -0.462 e. The number of hydrogen-bond donors (Lipinski definition) is 1. The molecule has 0 unspecified atom stereocenters. The summed E-state index contributed by atoms with van der Waals surface area (Å²) >= 11 is 0.